The van der Waals surface area contributed by atoms with E-state index >= 15 is 0 Å². The topological polar surface area (TPSA) is 113 Å². The molecule has 126 valence electrons. The maximum atomic E-state index is 12.0. The van der Waals surface area contributed by atoms with Gasteiger partial charge in [0.1, 0.15) is 11.7 Å². The molecule has 0 saturated carbocycles. The third-order valence-corrected chi connectivity index (χ3v) is 3.45. The van der Waals surface area contributed by atoms with Crippen LogP contribution in [0.3, 0.4) is 0 Å². The summed E-state index contributed by atoms with van der Waals surface area (Å²) in [4.78, 5) is 34.2. The molecule has 0 aliphatic heterocycles. The van der Waals surface area contributed by atoms with Crippen LogP contribution < -0.4 is 16.0 Å². The minimum Gasteiger partial charge on any atom is -0.368 e. The van der Waals surface area contributed by atoms with Crippen LogP contribution in [0.2, 0.25) is 0 Å². The van der Waals surface area contributed by atoms with E-state index in [0.717, 1.165) is 6.42 Å². The van der Waals surface area contributed by atoms with Crippen molar-refractivity contribution in [1.29, 1.82) is 0 Å². The van der Waals surface area contributed by atoms with Crippen LogP contribution in [-0.2, 0) is 4.79 Å². The molecule has 8 nitrogen and oxygen atoms in total. The van der Waals surface area contributed by atoms with Gasteiger partial charge in [-0.1, -0.05) is 6.92 Å². The van der Waals surface area contributed by atoms with E-state index in [1.54, 1.807) is 6.92 Å². The summed E-state index contributed by atoms with van der Waals surface area (Å²) in [5, 5.41) is 19.2. The van der Waals surface area contributed by atoms with E-state index in [0.29, 0.717) is 0 Å². The highest BCUT2D eigenvalue weighted by molar-refractivity contribution is 5.95. The molecular formula is C15H22N4O4. The van der Waals surface area contributed by atoms with E-state index in [4.69, 9.17) is 0 Å². The lowest BCUT2D eigenvalue weighted by Crippen LogP contribution is -2.41. The van der Waals surface area contributed by atoms with Gasteiger partial charge in [0.15, 0.2) is 0 Å². The molecule has 2 atom stereocenters. The Morgan fingerprint density at radius 2 is 1.96 bits per heavy atom. The molecule has 1 aromatic rings. The number of nitro benzene ring substituents is 1. The number of amides is 2. The number of nitro groups is 1. The Labute approximate surface area is 134 Å². The zero-order valence-electron chi connectivity index (χ0n) is 13.7. The molecule has 1 rings (SSSR count). The van der Waals surface area contributed by atoms with Crippen molar-refractivity contribution in [2.24, 2.45) is 0 Å². The molecule has 0 aliphatic rings. The lowest BCUT2D eigenvalue weighted by molar-refractivity contribution is -0.384. The summed E-state index contributed by atoms with van der Waals surface area (Å²) in [5.41, 5.74) is 0.116. The normalized spacial score (nSPS) is 12.9. The quantitative estimate of drug-likeness (QED) is 0.522. The summed E-state index contributed by atoms with van der Waals surface area (Å²) >= 11 is 0. The Morgan fingerprint density at radius 1 is 1.30 bits per heavy atom. The fourth-order valence-electron chi connectivity index (χ4n) is 1.86. The van der Waals surface area contributed by atoms with E-state index in [1.807, 2.05) is 13.8 Å². The Hall–Kier alpha value is -2.64. The van der Waals surface area contributed by atoms with Crippen molar-refractivity contribution in [2.45, 2.75) is 39.3 Å². The van der Waals surface area contributed by atoms with Gasteiger partial charge in [-0.2, -0.15) is 0 Å². The highest BCUT2D eigenvalue weighted by atomic mass is 16.6. The number of rotatable bonds is 7. The predicted octanol–water partition coefficient (Wildman–Crippen LogP) is 1.67. The minimum atomic E-state index is -0.645. The van der Waals surface area contributed by atoms with Crippen molar-refractivity contribution in [3.05, 3.63) is 33.9 Å². The van der Waals surface area contributed by atoms with Gasteiger partial charge in [-0.3, -0.25) is 19.7 Å². The summed E-state index contributed by atoms with van der Waals surface area (Å²) in [6, 6.07) is 3.45. The number of carbonyl (C=O) groups is 2. The Kier molecular flexibility index (Phi) is 6.49. The molecule has 0 radical (unpaired) electrons. The van der Waals surface area contributed by atoms with Gasteiger partial charge in [0.05, 0.1) is 4.92 Å². The first-order chi connectivity index (χ1) is 10.8. The third kappa shape index (κ3) is 4.94. The average molecular weight is 322 g/mol. The van der Waals surface area contributed by atoms with Crippen molar-refractivity contribution in [3.8, 4) is 0 Å². The van der Waals surface area contributed by atoms with Gasteiger partial charge in [-0.05, 0) is 32.4 Å². The molecule has 1 aromatic carbocycles. The van der Waals surface area contributed by atoms with E-state index in [2.05, 4.69) is 16.0 Å². The van der Waals surface area contributed by atoms with E-state index in [1.165, 1.54) is 25.2 Å². The van der Waals surface area contributed by atoms with Gasteiger partial charge in [0.25, 0.3) is 11.6 Å². The molecule has 23 heavy (non-hydrogen) atoms. The Bertz CT molecular complexity index is 603. The van der Waals surface area contributed by atoms with E-state index in [-0.39, 0.29) is 28.9 Å². The highest BCUT2D eigenvalue weighted by Gasteiger charge is 2.21. The fourth-order valence-corrected chi connectivity index (χ4v) is 1.86. The van der Waals surface area contributed by atoms with Crippen LogP contribution in [-0.4, -0.2) is 35.9 Å². The molecule has 0 spiro atoms. The number of benzene rings is 1. The predicted molar refractivity (Wildman–Crippen MR) is 87.5 cm³/mol. The molecule has 0 heterocycles. The fraction of sp³-hybridized carbons (Fsp3) is 0.467. The largest absolute Gasteiger partial charge is 0.368 e. The maximum absolute atomic E-state index is 12.0. The second kappa shape index (κ2) is 8.11. The SMILES string of the molecule is CCC(C)NC(=O)C(C)Nc1ccc(C(=O)NC)cc1[N+](=O)[O-]. The lowest BCUT2D eigenvalue weighted by atomic mass is 10.1. The molecule has 0 aromatic heterocycles. The monoisotopic (exact) mass is 322 g/mol. The van der Waals surface area contributed by atoms with Crippen LogP contribution >= 0.6 is 0 Å². The number of hydrogen-bond acceptors (Lipinski definition) is 5. The Balaban J connectivity index is 2.97. The Morgan fingerprint density at radius 3 is 2.48 bits per heavy atom. The molecular weight excluding hydrogens is 300 g/mol. The van der Waals surface area contributed by atoms with Gasteiger partial charge in [-0.25, -0.2) is 0 Å². The summed E-state index contributed by atoms with van der Waals surface area (Å²) in [7, 11) is 1.45. The summed E-state index contributed by atoms with van der Waals surface area (Å²) < 4.78 is 0. The van der Waals surface area contributed by atoms with Crippen LogP contribution in [0.5, 0.6) is 0 Å². The standard InChI is InChI=1S/C15H22N4O4/c1-5-9(2)17-14(20)10(3)18-12-7-6-11(15(21)16-4)8-13(12)19(22)23/h6-10,18H,5H2,1-4H3,(H,16,21)(H,17,20). The number of carbonyl (C=O) groups excluding carboxylic acids is 2. The molecule has 2 unspecified atom stereocenters. The first-order valence-electron chi connectivity index (χ1n) is 7.37. The molecule has 0 fully saturated rings. The average Bonchev–Trinajstić information content (AvgIpc) is 2.53. The molecule has 3 N–H and O–H groups in total. The number of nitrogens with one attached hydrogen (secondary N) is 3. The van der Waals surface area contributed by atoms with Crippen LogP contribution in [0.25, 0.3) is 0 Å². The smallest absolute Gasteiger partial charge is 0.293 e. The van der Waals surface area contributed by atoms with Gasteiger partial charge < -0.3 is 16.0 Å². The minimum absolute atomic E-state index is 0.0253. The van der Waals surface area contributed by atoms with Crippen molar-refractivity contribution in [3.63, 3.8) is 0 Å². The van der Waals surface area contributed by atoms with Crippen LogP contribution in [0.4, 0.5) is 11.4 Å². The molecule has 8 heteroatoms. The lowest BCUT2D eigenvalue weighted by Gasteiger charge is -2.18. The van der Waals surface area contributed by atoms with Crippen molar-refractivity contribution >= 4 is 23.2 Å². The van der Waals surface area contributed by atoms with Gasteiger partial charge >= 0.3 is 0 Å². The second-order valence-electron chi connectivity index (χ2n) is 5.25. The van der Waals surface area contributed by atoms with Crippen LogP contribution in [0, 0.1) is 10.1 Å². The van der Waals surface area contributed by atoms with Crippen LogP contribution in [0.15, 0.2) is 18.2 Å². The highest BCUT2D eigenvalue weighted by Crippen LogP contribution is 2.26. The molecule has 2 amide bonds. The molecule has 0 bridgehead atoms. The first-order valence-corrected chi connectivity index (χ1v) is 7.37. The summed E-state index contributed by atoms with van der Waals surface area (Å²) in [6.45, 7) is 5.45. The van der Waals surface area contributed by atoms with E-state index < -0.39 is 16.9 Å². The maximum Gasteiger partial charge on any atom is 0.293 e. The summed E-state index contributed by atoms with van der Waals surface area (Å²) in [5.74, 6) is -0.661. The van der Waals surface area contributed by atoms with E-state index in [9.17, 15) is 19.7 Å². The molecule has 0 aliphatic carbocycles. The third-order valence-electron chi connectivity index (χ3n) is 3.45. The van der Waals surface area contributed by atoms with Gasteiger partial charge in [-0.15, -0.1) is 0 Å². The van der Waals surface area contributed by atoms with Gasteiger partial charge in [0, 0.05) is 24.7 Å². The van der Waals surface area contributed by atoms with Crippen molar-refractivity contribution in [2.75, 3.05) is 12.4 Å². The number of hydrogen-bond donors (Lipinski definition) is 3. The van der Waals surface area contributed by atoms with Crippen molar-refractivity contribution < 1.29 is 14.5 Å². The molecule has 0 saturated heterocycles. The van der Waals surface area contributed by atoms with Crippen molar-refractivity contribution in [1.82, 2.24) is 10.6 Å². The van der Waals surface area contributed by atoms with Crippen LogP contribution in [0.1, 0.15) is 37.6 Å². The van der Waals surface area contributed by atoms with Gasteiger partial charge in [0.2, 0.25) is 5.91 Å². The zero-order valence-corrected chi connectivity index (χ0v) is 13.7. The second-order valence-corrected chi connectivity index (χ2v) is 5.25. The zero-order chi connectivity index (χ0) is 17.6. The number of anilines is 1. The summed E-state index contributed by atoms with van der Waals surface area (Å²) in [6.07, 6.45) is 0.791. The first kappa shape index (κ1) is 18.4. The number of nitrogens with zero attached hydrogens (tertiary/aromatic N) is 1.